The van der Waals surface area contributed by atoms with Crippen LogP contribution in [0.3, 0.4) is 0 Å². The van der Waals surface area contributed by atoms with E-state index in [4.69, 9.17) is 0 Å². The van der Waals surface area contributed by atoms with Crippen LogP contribution in [0.15, 0.2) is 41.4 Å². The fraction of sp³-hybridized carbons (Fsp3) is 0.267. The molecule has 0 saturated carbocycles. The minimum Gasteiger partial charge on any atom is -0.347 e. The molecule has 1 N–H and O–H groups in total. The van der Waals surface area contributed by atoms with Gasteiger partial charge in [0, 0.05) is 23.9 Å². The topological polar surface area (TPSA) is 34.0 Å². The lowest BCUT2D eigenvalue weighted by Gasteiger charge is -2.26. The van der Waals surface area contributed by atoms with Gasteiger partial charge in [-0.25, -0.2) is 4.39 Å². The lowest BCUT2D eigenvalue weighted by Crippen LogP contribution is -2.31. The minimum atomic E-state index is -0.260. The maximum absolute atomic E-state index is 13.4. The number of nitrogens with zero attached hydrogens (tertiary/aromatic N) is 1. The number of fused-ring (bicyclic) bond motifs is 1. The molecule has 1 aliphatic rings. The van der Waals surface area contributed by atoms with Gasteiger partial charge in [-0.1, -0.05) is 0 Å². The van der Waals surface area contributed by atoms with Crippen LogP contribution in [0.25, 0.3) is 0 Å². The van der Waals surface area contributed by atoms with Crippen molar-refractivity contribution in [2.75, 3.05) is 5.75 Å². The Balaban J connectivity index is 1.85. The molecule has 1 atom stereocenters. The van der Waals surface area contributed by atoms with E-state index in [-0.39, 0.29) is 17.8 Å². The van der Waals surface area contributed by atoms with E-state index in [0.717, 1.165) is 22.6 Å². The summed E-state index contributed by atoms with van der Waals surface area (Å²) in [4.78, 5) is 13.3. The molecule has 0 radical (unpaired) electrons. The monoisotopic (exact) mass is 290 g/mol. The Hall–Kier alpha value is -1.75. The van der Waals surface area contributed by atoms with Gasteiger partial charge < -0.3 is 9.88 Å². The Labute approximate surface area is 121 Å². The summed E-state index contributed by atoms with van der Waals surface area (Å²) in [5, 5.41) is 3.01. The van der Waals surface area contributed by atoms with Gasteiger partial charge in [-0.05, 0) is 42.3 Å². The number of hydrogen-bond acceptors (Lipinski definition) is 2. The Kier molecular flexibility index (Phi) is 3.53. The van der Waals surface area contributed by atoms with Gasteiger partial charge in [-0.3, -0.25) is 4.79 Å². The molecule has 1 amide bonds. The SMILES string of the molecule is Cn1cccc1C(=O)NC1CCSc2ccc(F)cc21. The average Bonchev–Trinajstić information content (AvgIpc) is 2.86. The second-order valence-corrected chi connectivity index (χ2v) is 5.99. The van der Waals surface area contributed by atoms with Crippen molar-refractivity contribution in [2.45, 2.75) is 17.4 Å². The summed E-state index contributed by atoms with van der Waals surface area (Å²) in [7, 11) is 1.83. The summed E-state index contributed by atoms with van der Waals surface area (Å²) >= 11 is 1.71. The number of thioether (sulfide) groups is 1. The molecule has 2 aromatic rings. The average molecular weight is 290 g/mol. The van der Waals surface area contributed by atoms with Crippen molar-refractivity contribution in [3.63, 3.8) is 0 Å². The van der Waals surface area contributed by atoms with Gasteiger partial charge in [0.1, 0.15) is 11.5 Å². The van der Waals surface area contributed by atoms with Crippen LogP contribution in [-0.4, -0.2) is 16.2 Å². The largest absolute Gasteiger partial charge is 0.347 e. The van der Waals surface area contributed by atoms with Crippen LogP contribution < -0.4 is 5.32 Å². The Morgan fingerprint density at radius 1 is 1.45 bits per heavy atom. The van der Waals surface area contributed by atoms with Crippen LogP contribution in [0.5, 0.6) is 0 Å². The molecule has 5 heteroatoms. The number of carbonyl (C=O) groups is 1. The van der Waals surface area contributed by atoms with Crippen molar-refractivity contribution < 1.29 is 9.18 Å². The third kappa shape index (κ3) is 2.45. The van der Waals surface area contributed by atoms with Crippen LogP contribution in [0, 0.1) is 5.82 Å². The number of aryl methyl sites for hydroxylation is 1. The van der Waals surface area contributed by atoms with Crippen LogP contribution in [0.4, 0.5) is 4.39 Å². The van der Waals surface area contributed by atoms with Crippen molar-refractivity contribution in [3.8, 4) is 0 Å². The normalized spacial score (nSPS) is 17.6. The Morgan fingerprint density at radius 2 is 2.30 bits per heavy atom. The van der Waals surface area contributed by atoms with Gasteiger partial charge >= 0.3 is 0 Å². The van der Waals surface area contributed by atoms with Gasteiger partial charge in [-0.2, -0.15) is 0 Å². The zero-order valence-electron chi connectivity index (χ0n) is 11.1. The predicted molar refractivity (Wildman–Crippen MR) is 77.4 cm³/mol. The second-order valence-electron chi connectivity index (χ2n) is 4.85. The second kappa shape index (κ2) is 5.32. The quantitative estimate of drug-likeness (QED) is 0.922. The lowest BCUT2D eigenvalue weighted by atomic mass is 10.0. The van der Waals surface area contributed by atoms with E-state index in [0.29, 0.717) is 5.69 Å². The first-order valence-corrected chi connectivity index (χ1v) is 7.48. The highest BCUT2D eigenvalue weighted by molar-refractivity contribution is 7.99. The van der Waals surface area contributed by atoms with E-state index >= 15 is 0 Å². The van der Waals surface area contributed by atoms with Crippen molar-refractivity contribution in [2.24, 2.45) is 7.05 Å². The van der Waals surface area contributed by atoms with Gasteiger partial charge in [0.2, 0.25) is 0 Å². The highest BCUT2D eigenvalue weighted by Gasteiger charge is 2.23. The molecule has 0 fully saturated rings. The molecular formula is C15H15FN2OS. The third-order valence-electron chi connectivity index (χ3n) is 3.49. The van der Waals surface area contributed by atoms with Gasteiger partial charge in [-0.15, -0.1) is 11.8 Å². The molecular weight excluding hydrogens is 275 g/mol. The Morgan fingerprint density at radius 3 is 3.05 bits per heavy atom. The molecule has 0 spiro atoms. The summed E-state index contributed by atoms with van der Waals surface area (Å²) in [5.74, 6) is 0.547. The molecule has 1 aromatic carbocycles. The van der Waals surface area contributed by atoms with Gasteiger partial charge in [0.15, 0.2) is 0 Å². The molecule has 2 heterocycles. The van der Waals surface area contributed by atoms with E-state index in [2.05, 4.69) is 5.32 Å². The van der Waals surface area contributed by atoms with Gasteiger partial charge in [0.05, 0.1) is 6.04 Å². The number of hydrogen-bond donors (Lipinski definition) is 1. The molecule has 0 aliphatic carbocycles. The van der Waals surface area contributed by atoms with Crippen LogP contribution >= 0.6 is 11.8 Å². The summed E-state index contributed by atoms with van der Waals surface area (Å²) < 4.78 is 15.2. The van der Waals surface area contributed by atoms with Crippen molar-refractivity contribution >= 4 is 17.7 Å². The Bertz CT molecular complexity index is 653. The number of amides is 1. The fourth-order valence-corrected chi connectivity index (χ4v) is 3.55. The minimum absolute atomic E-state index is 0.121. The smallest absolute Gasteiger partial charge is 0.268 e. The molecule has 1 aromatic heterocycles. The summed E-state index contributed by atoms with van der Waals surface area (Å²) in [6.07, 6.45) is 2.65. The summed E-state index contributed by atoms with van der Waals surface area (Å²) in [6.45, 7) is 0. The zero-order valence-corrected chi connectivity index (χ0v) is 11.9. The van der Waals surface area contributed by atoms with Crippen LogP contribution in [0.1, 0.15) is 28.5 Å². The number of rotatable bonds is 2. The number of carbonyl (C=O) groups excluding carboxylic acids is 1. The first-order chi connectivity index (χ1) is 9.65. The van der Waals surface area contributed by atoms with Crippen molar-refractivity contribution in [1.82, 2.24) is 9.88 Å². The first-order valence-electron chi connectivity index (χ1n) is 6.49. The van der Waals surface area contributed by atoms with E-state index in [1.807, 2.05) is 19.3 Å². The lowest BCUT2D eigenvalue weighted by molar-refractivity contribution is 0.0926. The van der Waals surface area contributed by atoms with E-state index in [9.17, 15) is 9.18 Å². The van der Waals surface area contributed by atoms with E-state index < -0.39 is 0 Å². The first kappa shape index (κ1) is 13.2. The van der Waals surface area contributed by atoms with Crippen LogP contribution in [0.2, 0.25) is 0 Å². The van der Waals surface area contributed by atoms with E-state index in [1.54, 1.807) is 28.5 Å². The maximum atomic E-state index is 13.4. The van der Waals surface area contributed by atoms with Crippen molar-refractivity contribution in [3.05, 3.63) is 53.6 Å². The highest BCUT2D eigenvalue weighted by atomic mass is 32.2. The highest BCUT2D eigenvalue weighted by Crippen LogP contribution is 2.36. The number of halogens is 1. The standard InChI is InChI=1S/C15H15FN2OS/c1-18-7-2-3-13(18)15(19)17-12-6-8-20-14-5-4-10(16)9-11(12)14/h2-5,7,9,12H,6,8H2,1H3,(H,17,19). The molecule has 3 rings (SSSR count). The maximum Gasteiger partial charge on any atom is 0.268 e. The van der Waals surface area contributed by atoms with Crippen molar-refractivity contribution in [1.29, 1.82) is 0 Å². The molecule has 1 aliphatic heterocycles. The van der Waals surface area contributed by atoms with Crippen LogP contribution in [-0.2, 0) is 7.05 Å². The number of nitrogens with one attached hydrogen (secondary N) is 1. The van der Waals surface area contributed by atoms with E-state index in [1.165, 1.54) is 12.1 Å². The molecule has 1 unspecified atom stereocenters. The van der Waals surface area contributed by atoms with Gasteiger partial charge in [0.25, 0.3) is 5.91 Å². The summed E-state index contributed by atoms with van der Waals surface area (Å²) in [6, 6.07) is 8.27. The molecule has 0 saturated heterocycles. The molecule has 104 valence electrons. The molecule has 0 bridgehead atoms. The predicted octanol–water partition coefficient (Wildman–Crippen LogP) is 3.13. The number of benzene rings is 1. The molecule has 3 nitrogen and oxygen atoms in total. The third-order valence-corrected chi connectivity index (χ3v) is 4.62. The number of aromatic nitrogens is 1. The molecule has 20 heavy (non-hydrogen) atoms. The summed E-state index contributed by atoms with van der Waals surface area (Å²) in [5.41, 5.74) is 1.49. The fourth-order valence-electron chi connectivity index (χ4n) is 2.44. The zero-order chi connectivity index (χ0) is 14.1.